The first-order chi connectivity index (χ1) is 9.00. The molecule has 1 aliphatic heterocycles. The molecule has 1 aliphatic rings. The lowest BCUT2D eigenvalue weighted by atomic mass is 10.1. The van der Waals surface area contributed by atoms with Crippen LogP contribution in [0, 0.1) is 5.92 Å². The van der Waals surface area contributed by atoms with Gasteiger partial charge in [-0.05, 0) is 32.1 Å². The zero-order chi connectivity index (χ0) is 14.3. The van der Waals surface area contributed by atoms with Crippen molar-refractivity contribution in [3.05, 3.63) is 0 Å². The summed E-state index contributed by atoms with van der Waals surface area (Å²) in [5, 5.41) is 5.87. The van der Waals surface area contributed by atoms with Crippen LogP contribution in [0.15, 0.2) is 0 Å². The van der Waals surface area contributed by atoms with E-state index >= 15 is 0 Å². The Bertz CT molecular complexity index is 299. The van der Waals surface area contributed by atoms with E-state index in [4.69, 9.17) is 0 Å². The number of rotatable bonds is 7. The Labute approximate surface area is 116 Å². The lowest BCUT2D eigenvalue weighted by Gasteiger charge is -2.18. The van der Waals surface area contributed by atoms with Gasteiger partial charge in [0, 0.05) is 19.6 Å². The van der Waals surface area contributed by atoms with E-state index in [2.05, 4.69) is 24.5 Å². The largest absolute Gasteiger partial charge is 0.355 e. The Morgan fingerprint density at radius 3 is 2.37 bits per heavy atom. The lowest BCUT2D eigenvalue weighted by molar-refractivity contribution is -0.129. The summed E-state index contributed by atoms with van der Waals surface area (Å²) in [7, 11) is 0. The van der Waals surface area contributed by atoms with Crippen molar-refractivity contribution in [3.8, 4) is 0 Å². The number of nitrogens with one attached hydrogen (secondary N) is 2. The van der Waals surface area contributed by atoms with E-state index in [9.17, 15) is 9.59 Å². The average molecular weight is 269 g/mol. The molecule has 0 saturated carbocycles. The van der Waals surface area contributed by atoms with Crippen LogP contribution in [0.4, 0.5) is 0 Å². The molecule has 5 nitrogen and oxygen atoms in total. The maximum absolute atomic E-state index is 11.8. The van der Waals surface area contributed by atoms with Gasteiger partial charge in [0.15, 0.2) is 0 Å². The Morgan fingerprint density at radius 2 is 1.79 bits per heavy atom. The third kappa shape index (κ3) is 6.05. The SMILES string of the molecule is CC(C)CCNC(=O)C(C)NCC(=O)N1CCCC1. The summed E-state index contributed by atoms with van der Waals surface area (Å²) >= 11 is 0. The predicted molar refractivity (Wildman–Crippen MR) is 75.7 cm³/mol. The molecule has 1 rings (SSSR count). The van der Waals surface area contributed by atoms with Crippen molar-refractivity contribution in [2.24, 2.45) is 5.92 Å². The van der Waals surface area contributed by atoms with Crippen LogP contribution in [0.3, 0.4) is 0 Å². The molecule has 1 heterocycles. The van der Waals surface area contributed by atoms with Crippen LogP contribution >= 0.6 is 0 Å². The van der Waals surface area contributed by atoms with Crippen molar-refractivity contribution in [2.75, 3.05) is 26.2 Å². The van der Waals surface area contributed by atoms with Crippen LogP contribution in [-0.4, -0.2) is 48.9 Å². The minimum atomic E-state index is -0.321. The molecule has 1 fully saturated rings. The van der Waals surface area contributed by atoms with Crippen molar-refractivity contribution in [2.45, 2.75) is 46.1 Å². The van der Waals surface area contributed by atoms with Crippen molar-refractivity contribution >= 4 is 11.8 Å². The van der Waals surface area contributed by atoms with Crippen LogP contribution in [0.5, 0.6) is 0 Å². The quantitative estimate of drug-likeness (QED) is 0.717. The van der Waals surface area contributed by atoms with Crippen molar-refractivity contribution in [1.29, 1.82) is 0 Å². The van der Waals surface area contributed by atoms with Crippen molar-refractivity contribution in [3.63, 3.8) is 0 Å². The number of nitrogens with zero attached hydrogens (tertiary/aromatic N) is 1. The summed E-state index contributed by atoms with van der Waals surface area (Å²) in [6.45, 7) is 8.71. The second-order valence-corrected chi connectivity index (χ2v) is 5.66. The molecule has 0 aliphatic carbocycles. The Kier molecular flexibility index (Phi) is 6.84. The van der Waals surface area contributed by atoms with Gasteiger partial charge in [0.05, 0.1) is 12.6 Å². The highest BCUT2D eigenvalue weighted by atomic mass is 16.2. The maximum atomic E-state index is 11.8. The molecule has 0 spiro atoms. The van der Waals surface area contributed by atoms with E-state index in [-0.39, 0.29) is 24.4 Å². The Morgan fingerprint density at radius 1 is 1.16 bits per heavy atom. The van der Waals surface area contributed by atoms with E-state index in [1.54, 1.807) is 6.92 Å². The number of hydrogen-bond acceptors (Lipinski definition) is 3. The predicted octanol–water partition coefficient (Wildman–Crippen LogP) is 0.749. The molecule has 110 valence electrons. The number of amides is 2. The third-order valence-corrected chi connectivity index (χ3v) is 3.43. The highest BCUT2D eigenvalue weighted by molar-refractivity contribution is 5.83. The van der Waals surface area contributed by atoms with Crippen LogP contribution < -0.4 is 10.6 Å². The summed E-state index contributed by atoms with van der Waals surface area (Å²) in [5.74, 6) is 0.648. The minimum Gasteiger partial charge on any atom is -0.355 e. The summed E-state index contributed by atoms with van der Waals surface area (Å²) in [6, 6.07) is -0.321. The first-order valence-corrected chi connectivity index (χ1v) is 7.29. The summed E-state index contributed by atoms with van der Waals surface area (Å²) in [4.78, 5) is 25.4. The topological polar surface area (TPSA) is 61.4 Å². The highest BCUT2D eigenvalue weighted by Gasteiger charge is 2.19. The van der Waals surface area contributed by atoms with E-state index in [0.29, 0.717) is 12.5 Å². The molecule has 5 heteroatoms. The Hall–Kier alpha value is -1.10. The lowest BCUT2D eigenvalue weighted by Crippen LogP contribution is -2.46. The fraction of sp³-hybridized carbons (Fsp3) is 0.857. The van der Waals surface area contributed by atoms with Crippen LogP contribution in [-0.2, 0) is 9.59 Å². The normalized spacial score (nSPS) is 16.7. The molecule has 0 aromatic rings. The molecule has 0 bridgehead atoms. The molecule has 2 N–H and O–H groups in total. The zero-order valence-electron chi connectivity index (χ0n) is 12.4. The van der Waals surface area contributed by atoms with Gasteiger partial charge >= 0.3 is 0 Å². The van der Waals surface area contributed by atoms with Crippen LogP contribution in [0.25, 0.3) is 0 Å². The minimum absolute atomic E-state index is 0.0325. The highest BCUT2D eigenvalue weighted by Crippen LogP contribution is 2.06. The molecule has 1 atom stereocenters. The zero-order valence-corrected chi connectivity index (χ0v) is 12.4. The van der Waals surface area contributed by atoms with Gasteiger partial charge in [0.1, 0.15) is 0 Å². The first kappa shape index (κ1) is 16.0. The molecule has 19 heavy (non-hydrogen) atoms. The standard InChI is InChI=1S/C14H27N3O2/c1-11(2)6-7-15-14(19)12(3)16-10-13(18)17-8-4-5-9-17/h11-12,16H,4-10H2,1-3H3,(H,15,19). The maximum Gasteiger partial charge on any atom is 0.236 e. The van der Waals surface area contributed by atoms with E-state index in [1.807, 2.05) is 4.90 Å². The molecule has 0 radical (unpaired) electrons. The molecule has 1 unspecified atom stereocenters. The summed E-state index contributed by atoms with van der Waals surface area (Å²) in [5.41, 5.74) is 0. The van der Waals surface area contributed by atoms with Crippen LogP contribution in [0.2, 0.25) is 0 Å². The van der Waals surface area contributed by atoms with Gasteiger partial charge in [-0.2, -0.15) is 0 Å². The van der Waals surface area contributed by atoms with E-state index < -0.39 is 0 Å². The van der Waals surface area contributed by atoms with E-state index in [1.165, 1.54) is 0 Å². The molecule has 0 aromatic carbocycles. The van der Waals surface area contributed by atoms with Gasteiger partial charge < -0.3 is 10.2 Å². The monoisotopic (exact) mass is 269 g/mol. The molecule has 2 amide bonds. The molecular weight excluding hydrogens is 242 g/mol. The van der Waals surface area contributed by atoms with Crippen molar-refractivity contribution in [1.82, 2.24) is 15.5 Å². The number of likely N-dealkylation sites (tertiary alicyclic amines) is 1. The second kappa shape index (κ2) is 8.15. The smallest absolute Gasteiger partial charge is 0.236 e. The molecule has 1 saturated heterocycles. The average Bonchev–Trinajstić information content (AvgIpc) is 2.88. The van der Waals surface area contributed by atoms with Crippen molar-refractivity contribution < 1.29 is 9.59 Å². The third-order valence-electron chi connectivity index (χ3n) is 3.43. The van der Waals surface area contributed by atoms with Gasteiger partial charge in [0.25, 0.3) is 0 Å². The molecule has 0 aromatic heterocycles. The number of hydrogen-bond donors (Lipinski definition) is 2. The first-order valence-electron chi connectivity index (χ1n) is 7.29. The van der Waals surface area contributed by atoms with Gasteiger partial charge in [-0.3, -0.25) is 14.9 Å². The van der Waals surface area contributed by atoms with E-state index in [0.717, 1.165) is 32.4 Å². The summed E-state index contributed by atoms with van der Waals surface area (Å²) < 4.78 is 0. The Balaban J connectivity index is 2.16. The molecular formula is C14H27N3O2. The second-order valence-electron chi connectivity index (χ2n) is 5.66. The number of carbonyl (C=O) groups excluding carboxylic acids is 2. The number of carbonyl (C=O) groups is 2. The van der Waals surface area contributed by atoms with Gasteiger partial charge in [-0.25, -0.2) is 0 Å². The fourth-order valence-electron chi connectivity index (χ4n) is 2.05. The van der Waals surface area contributed by atoms with Crippen LogP contribution in [0.1, 0.15) is 40.0 Å². The van der Waals surface area contributed by atoms with Gasteiger partial charge in [0.2, 0.25) is 11.8 Å². The van der Waals surface area contributed by atoms with Gasteiger partial charge in [-0.15, -0.1) is 0 Å². The van der Waals surface area contributed by atoms with Gasteiger partial charge in [-0.1, -0.05) is 13.8 Å². The fourth-order valence-corrected chi connectivity index (χ4v) is 2.05. The summed E-state index contributed by atoms with van der Waals surface area (Å²) in [6.07, 6.45) is 3.17.